The molecule has 0 spiro atoms. The molecule has 0 amide bonds. The first kappa shape index (κ1) is 14.2. The molecule has 0 aromatic heterocycles. The molecule has 0 bridgehead atoms. The zero-order valence-corrected chi connectivity index (χ0v) is 13.9. The van der Waals surface area contributed by atoms with Crippen LogP contribution in [0.1, 0.15) is 52.2 Å². The molecule has 0 saturated carbocycles. The predicted molar refractivity (Wildman–Crippen MR) is 90.2 cm³/mol. The second kappa shape index (κ2) is 4.65. The molecule has 1 aromatic rings. The van der Waals surface area contributed by atoms with E-state index in [1.807, 2.05) is 0 Å². The molecule has 0 nitrogen and oxygen atoms in total. The third kappa shape index (κ3) is 2.34. The number of hydrogen-bond acceptors (Lipinski definition) is 0. The Hall–Kier alpha value is -0.715. The Balaban J connectivity index is 1.86. The van der Waals surface area contributed by atoms with Crippen LogP contribution in [0.3, 0.4) is 0 Å². The van der Waals surface area contributed by atoms with E-state index in [-0.39, 0.29) is 0 Å². The Morgan fingerprint density at radius 1 is 1.00 bits per heavy atom. The first-order chi connectivity index (χ1) is 9.28. The molecule has 1 atom stereocenters. The number of benzene rings is 1. The Morgan fingerprint density at radius 3 is 2.30 bits per heavy atom. The second-order valence-electron chi connectivity index (χ2n) is 8.75. The highest BCUT2D eigenvalue weighted by Crippen LogP contribution is 2.52. The fourth-order valence-corrected chi connectivity index (χ4v) is 4.30. The van der Waals surface area contributed by atoms with Crippen LogP contribution >= 0.6 is 0 Å². The summed E-state index contributed by atoms with van der Waals surface area (Å²) in [6.07, 6.45) is 6.64. The minimum absolute atomic E-state index is 0.460. The lowest BCUT2D eigenvalue weighted by atomic mass is 9.42. The molecule has 108 valence electrons. The number of aryl methyl sites for hydroxylation is 1. The van der Waals surface area contributed by atoms with Crippen LogP contribution in [0.4, 0.5) is 0 Å². The van der Waals surface area contributed by atoms with E-state index in [4.69, 9.17) is 0 Å². The molecule has 1 saturated heterocycles. The quantitative estimate of drug-likeness (QED) is 0.654. The lowest BCUT2D eigenvalue weighted by molar-refractivity contribution is 0.177. The van der Waals surface area contributed by atoms with Gasteiger partial charge < -0.3 is 0 Å². The van der Waals surface area contributed by atoms with Gasteiger partial charge in [-0.1, -0.05) is 70.9 Å². The lowest BCUT2D eigenvalue weighted by Gasteiger charge is -2.35. The van der Waals surface area contributed by atoms with Crippen molar-refractivity contribution in [2.45, 2.75) is 66.5 Å². The Kier molecular flexibility index (Phi) is 3.31. The van der Waals surface area contributed by atoms with Crippen molar-refractivity contribution in [3.05, 3.63) is 29.3 Å². The lowest BCUT2D eigenvalue weighted by Crippen LogP contribution is -2.29. The van der Waals surface area contributed by atoms with Gasteiger partial charge in [0.05, 0.1) is 0 Å². The summed E-state index contributed by atoms with van der Waals surface area (Å²) in [5, 5.41) is 0. The monoisotopic (exact) mass is 268 g/mol. The van der Waals surface area contributed by atoms with Crippen LogP contribution in [0.15, 0.2) is 18.2 Å². The van der Waals surface area contributed by atoms with Crippen molar-refractivity contribution in [1.29, 1.82) is 0 Å². The highest BCUT2D eigenvalue weighted by Gasteiger charge is 2.48. The molecule has 0 N–H and O–H groups in total. The van der Waals surface area contributed by atoms with E-state index >= 15 is 0 Å². The fourth-order valence-electron chi connectivity index (χ4n) is 4.30. The average Bonchev–Trinajstić information content (AvgIpc) is 2.58. The van der Waals surface area contributed by atoms with Gasteiger partial charge in [0.1, 0.15) is 0 Å². The molecule has 20 heavy (non-hydrogen) atoms. The van der Waals surface area contributed by atoms with Gasteiger partial charge >= 0.3 is 0 Å². The molecule has 1 unspecified atom stereocenters. The molecule has 1 aromatic carbocycles. The van der Waals surface area contributed by atoms with Gasteiger partial charge in [-0.05, 0) is 47.1 Å². The summed E-state index contributed by atoms with van der Waals surface area (Å²) in [6, 6.07) is 7.40. The maximum absolute atomic E-state index is 2.54. The van der Waals surface area contributed by atoms with Gasteiger partial charge in [-0.2, -0.15) is 0 Å². The predicted octanol–water partition coefficient (Wildman–Crippen LogP) is 4.58. The normalized spacial score (nSPS) is 27.4. The minimum atomic E-state index is 0.460. The van der Waals surface area contributed by atoms with Crippen molar-refractivity contribution in [3.8, 4) is 0 Å². The highest BCUT2D eigenvalue weighted by atomic mass is 14.4. The summed E-state index contributed by atoms with van der Waals surface area (Å²) < 4.78 is 0. The fraction of sp³-hybridized carbons (Fsp3) is 0.684. The van der Waals surface area contributed by atoms with E-state index < -0.39 is 0 Å². The van der Waals surface area contributed by atoms with Gasteiger partial charge in [0, 0.05) is 0 Å². The highest BCUT2D eigenvalue weighted by molar-refractivity contribution is 6.74. The smallest absolute Gasteiger partial charge is 0.0797 e. The standard InChI is InChI=1S/C19H29B/c1-14-6-7-16-11-17(9-8-15(16)10-14)20-12-18(2,3)19(4,5)13-20/h8-9,11,14H,6-7,10,12-13H2,1-5H3. The van der Waals surface area contributed by atoms with E-state index in [9.17, 15) is 0 Å². The van der Waals surface area contributed by atoms with Gasteiger partial charge in [-0.3, -0.25) is 0 Å². The van der Waals surface area contributed by atoms with Crippen molar-refractivity contribution >= 4 is 12.2 Å². The van der Waals surface area contributed by atoms with E-state index in [1.165, 1.54) is 31.9 Å². The molecule has 1 heteroatoms. The summed E-state index contributed by atoms with van der Waals surface area (Å²) in [4.78, 5) is 0. The Labute approximate surface area is 125 Å². The second-order valence-corrected chi connectivity index (χ2v) is 8.75. The zero-order chi connectivity index (χ0) is 14.5. The van der Waals surface area contributed by atoms with Crippen LogP contribution < -0.4 is 5.46 Å². The third-order valence-corrected chi connectivity index (χ3v) is 6.52. The molecular weight excluding hydrogens is 239 g/mol. The molecule has 0 radical (unpaired) electrons. The molecule has 1 aliphatic carbocycles. The average molecular weight is 268 g/mol. The Bertz CT molecular complexity index is 496. The van der Waals surface area contributed by atoms with Crippen molar-refractivity contribution < 1.29 is 0 Å². The van der Waals surface area contributed by atoms with E-state index in [2.05, 4.69) is 52.8 Å². The van der Waals surface area contributed by atoms with Crippen LogP contribution in [-0.4, -0.2) is 6.71 Å². The summed E-state index contributed by atoms with van der Waals surface area (Å²) in [7, 11) is 0. The van der Waals surface area contributed by atoms with Crippen LogP contribution in [0.2, 0.25) is 12.6 Å². The summed E-state index contributed by atoms with van der Waals surface area (Å²) in [5.41, 5.74) is 5.79. The molecular formula is C19H29B. The van der Waals surface area contributed by atoms with Gasteiger partial charge in [0.25, 0.3) is 0 Å². The van der Waals surface area contributed by atoms with E-state index in [0.717, 1.165) is 12.6 Å². The van der Waals surface area contributed by atoms with Gasteiger partial charge in [-0.25, -0.2) is 0 Å². The van der Waals surface area contributed by atoms with Crippen molar-refractivity contribution in [3.63, 3.8) is 0 Å². The largest absolute Gasteiger partial charge is 0.176 e. The third-order valence-electron chi connectivity index (χ3n) is 6.52. The number of fused-ring (bicyclic) bond motifs is 1. The van der Waals surface area contributed by atoms with Crippen molar-refractivity contribution in [2.75, 3.05) is 0 Å². The summed E-state index contributed by atoms with van der Waals surface area (Å²) in [5.74, 6) is 0.873. The SMILES string of the molecule is CC1CCc2cc(B3CC(C)(C)C(C)(C)C3)ccc2C1. The molecule has 1 fully saturated rings. The first-order valence-electron chi connectivity index (χ1n) is 8.40. The molecule has 3 rings (SSSR count). The molecule has 1 aliphatic heterocycles. The van der Waals surface area contributed by atoms with Crippen LogP contribution in [0, 0.1) is 16.7 Å². The van der Waals surface area contributed by atoms with E-state index in [1.54, 1.807) is 16.6 Å². The topological polar surface area (TPSA) is 0 Å². The van der Waals surface area contributed by atoms with Crippen molar-refractivity contribution in [1.82, 2.24) is 0 Å². The Morgan fingerprint density at radius 2 is 1.65 bits per heavy atom. The van der Waals surface area contributed by atoms with Gasteiger partial charge in [0.2, 0.25) is 0 Å². The molecule has 1 heterocycles. The van der Waals surface area contributed by atoms with Gasteiger partial charge in [0.15, 0.2) is 6.71 Å². The maximum atomic E-state index is 2.54. The minimum Gasteiger partial charge on any atom is -0.0797 e. The number of hydrogen-bond donors (Lipinski definition) is 0. The van der Waals surface area contributed by atoms with Crippen LogP contribution in [0.5, 0.6) is 0 Å². The molecule has 2 aliphatic rings. The van der Waals surface area contributed by atoms with Crippen molar-refractivity contribution in [2.24, 2.45) is 16.7 Å². The number of rotatable bonds is 1. The summed E-state index contributed by atoms with van der Waals surface area (Å²) in [6.45, 7) is 13.0. The zero-order valence-electron chi connectivity index (χ0n) is 13.9. The summed E-state index contributed by atoms with van der Waals surface area (Å²) >= 11 is 0. The van der Waals surface area contributed by atoms with Crippen LogP contribution in [0.25, 0.3) is 0 Å². The van der Waals surface area contributed by atoms with Gasteiger partial charge in [-0.15, -0.1) is 0 Å². The van der Waals surface area contributed by atoms with Crippen LogP contribution in [-0.2, 0) is 12.8 Å². The van der Waals surface area contributed by atoms with E-state index in [0.29, 0.717) is 10.8 Å². The maximum Gasteiger partial charge on any atom is 0.176 e. The first-order valence-corrected chi connectivity index (χ1v) is 8.40.